The molecule has 1 amide bonds. The van der Waals surface area contributed by atoms with Crippen LogP contribution in [0.1, 0.15) is 35.3 Å². The van der Waals surface area contributed by atoms with Gasteiger partial charge in [0.1, 0.15) is 5.82 Å². The lowest BCUT2D eigenvalue weighted by Crippen LogP contribution is -2.48. The molecular weight excluding hydrogens is 465 g/mol. The third-order valence-electron chi connectivity index (χ3n) is 7.28. The summed E-state index contributed by atoms with van der Waals surface area (Å²) in [5.41, 5.74) is 3.10. The molecule has 2 aromatic carbocycles. The summed E-state index contributed by atoms with van der Waals surface area (Å²) in [7, 11) is 0. The lowest BCUT2D eigenvalue weighted by atomic mass is 9.97. The lowest BCUT2D eigenvalue weighted by Gasteiger charge is -2.38. The van der Waals surface area contributed by atoms with E-state index in [-0.39, 0.29) is 17.5 Å². The molecule has 0 radical (unpaired) electrons. The van der Waals surface area contributed by atoms with Crippen LogP contribution < -0.4 is 0 Å². The van der Waals surface area contributed by atoms with Crippen molar-refractivity contribution in [3.8, 4) is 11.3 Å². The summed E-state index contributed by atoms with van der Waals surface area (Å²) in [5, 5.41) is 0.682. The van der Waals surface area contributed by atoms with Crippen LogP contribution >= 0.6 is 11.6 Å². The van der Waals surface area contributed by atoms with E-state index in [0.717, 1.165) is 42.8 Å². The summed E-state index contributed by atoms with van der Waals surface area (Å²) < 4.78 is 16.4. The number of nitrogens with zero attached hydrogens (tertiary/aromatic N) is 5. The van der Waals surface area contributed by atoms with E-state index in [1.165, 1.54) is 6.07 Å². The van der Waals surface area contributed by atoms with Crippen molar-refractivity contribution >= 4 is 23.3 Å². The quantitative estimate of drug-likeness (QED) is 0.401. The van der Waals surface area contributed by atoms with E-state index < -0.39 is 5.82 Å². The van der Waals surface area contributed by atoms with Crippen LogP contribution in [0.25, 0.3) is 17.0 Å². The third-order valence-corrected chi connectivity index (χ3v) is 7.53. The molecule has 3 aliphatic heterocycles. The molecule has 3 aliphatic rings. The van der Waals surface area contributed by atoms with E-state index in [1.807, 2.05) is 45.8 Å². The fraction of sp³-hybridized carbons (Fsp3) is 0.296. The van der Waals surface area contributed by atoms with Crippen molar-refractivity contribution in [2.75, 3.05) is 13.1 Å². The van der Waals surface area contributed by atoms with Crippen LogP contribution in [0.2, 0.25) is 5.02 Å². The van der Waals surface area contributed by atoms with Crippen LogP contribution in [0.15, 0.2) is 67.0 Å². The maximum atomic E-state index is 14.4. The van der Waals surface area contributed by atoms with Gasteiger partial charge in [0.15, 0.2) is 0 Å². The monoisotopic (exact) mass is 489 g/mol. The Morgan fingerprint density at radius 3 is 2.66 bits per heavy atom. The van der Waals surface area contributed by atoms with Crippen molar-refractivity contribution < 1.29 is 9.18 Å². The van der Waals surface area contributed by atoms with Crippen molar-refractivity contribution in [3.05, 3.63) is 89.1 Å². The van der Waals surface area contributed by atoms with Crippen LogP contribution in [0.3, 0.4) is 0 Å². The minimum atomic E-state index is -0.459. The number of hydrogen-bond donors (Lipinski definition) is 0. The predicted octanol–water partition coefficient (Wildman–Crippen LogP) is 5.07. The van der Waals surface area contributed by atoms with Gasteiger partial charge in [-0.1, -0.05) is 35.9 Å². The fourth-order valence-corrected chi connectivity index (χ4v) is 5.62. The topological polar surface area (TPSA) is 53.7 Å². The molecule has 178 valence electrons. The molecule has 2 atom stereocenters. The molecule has 6 nitrogen and oxygen atoms in total. The second kappa shape index (κ2) is 9.06. The molecule has 2 unspecified atom stereocenters. The Kier molecular flexibility index (Phi) is 5.74. The van der Waals surface area contributed by atoms with Gasteiger partial charge < -0.3 is 4.90 Å². The van der Waals surface area contributed by atoms with Gasteiger partial charge in [0.25, 0.3) is 5.91 Å². The molecular formula is C27H25ClFN5O. The van der Waals surface area contributed by atoms with Gasteiger partial charge in [-0.25, -0.2) is 14.4 Å². The van der Waals surface area contributed by atoms with E-state index in [9.17, 15) is 9.18 Å². The van der Waals surface area contributed by atoms with E-state index >= 15 is 0 Å². The molecule has 5 heterocycles. The molecule has 0 aliphatic carbocycles. The average molecular weight is 490 g/mol. The Labute approximate surface area is 208 Å². The highest BCUT2D eigenvalue weighted by atomic mass is 35.5. The van der Waals surface area contributed by atoms with Gasteiger partial charge in [0.05, 0.1) is 17.0 Å². The second-order valence-electron chi connectivity index (χ2n) is 9.29. The SMILES string of the molecule is O=C(c1ccccc1F)N1CCC2CCC1CN2Cc1c(-c2ccc(Cl)cc2)nc2ncccn12. The van der Waals surface area contributed by atoms with Gasteiger partial charge >= 0.3 is 0 Å². The lowest BCUT2D eigenvalue weighted by molar-refractivity contribution is 0.0599. The van der Waals surface area contributed by atoms with Crippen molar-refractivity contribution in [1.29, 1.82) is 0 Å². The third kappa shape index (κ3) is 4.09. The first-order chi connectivity index (χ1) is 17.1. The van der Waals surface area contributed by atoms with Crippen LogP contribution in [0.4, 0.5) is 4.39 Å². The summed E-state index contributed by atoms with van der Waals surface area (Å²) in [4.78, 5) is 26.9. The Morgan fingerprint density at radius 2 is 1.83 bits per heavy atom. The molecule has 4 aromatic rings. The van der Waals surface area contributed by atoms with Crippen molar-refractivity contribution in [2.45, 2.75) is 37.9 Å². The Hall–Kier alpha value is -3.29. The van der Waals surface area contributed by atoms with E-state index in [1.54, 1.807) is 24.4 Å². The minimum absolute atomic E-state index is 0.0529. The smallest absolute Gasteiger partial charge is 0.257 e. The van der Waals surface area contributed by atoms with E-state index in [2.05, 4.69) is 9.88 Å². The first-order valence-corrected chi connectivity index (χ1v) is 12.3. The molecule has 3 fully saturated rings. The summed E-state index contributed by atoms with van der Waals surface area (Å²) in [6, 6.07) is 16.3. The standard InChI is InChI=1S/C27H25ClFN5O/c28-19-8-6-18(7-9-19)25-24(34-14-3-13-30-27(34)31-25)17-32-16-21-11-10-20(32)12-15-33(21)26(35)22-4-1-2-5-23(22)29/h1-9,13-14,20-21H,10-12,15-17H2. The number of aromatic nitrogens is 3. The maximum absolute atomic E-state index is 14.4. The van der Waals surface area contributed by atoms with Gasteiger partial charge in [-0.3, -0.25) is 14.1 Å². The Bertz CT molecular complexity index is 1390. The Balaban J connectivity index is 1.31. The first-order valence-electron chi connectivity index (χ1n) is 12.0. The zero-order chi connectivity index (χ0) is 23.9. The molecule has 8 heteroatoms. The van der Waals surface area contributed by atoms with Gasteiger partial charge in [-0.2, -0.15) is 0 Å². The zero-order valence-electron chi connectivity index (χ0n) is 19.1. The van der Waals surface area contributed by atoms with Crippen LogP contribution in [-0.4, -0.2) is 55.2 Å². The second-order valence-corrected chi connectivity index (χ2v) is 9.72. The number of amides is 1. The highest BCUT2D eigenvalue weighted by Crippen LogP contribution is 2.33. The average Bonchev–Trinajstić information content (AvgIpc) is 3.00. The molecule has 2 bridgehead atoms. The highest BCUT2D eigenvalue weighted by Gasteiger charge is 2.39. The number of benzene rings is 2. The largest absolute Gasteiger partial charge is 0.334 e. The summed E-state index contributed by atoms with van der Waals surface area (Å²) in [6.07, 6.45) is 6.55. The van der Waals surface area contributed by atoms with Crippen molar-refractivity contribution in [1.82, 2.24) is 24.2 Å². The summed E-state index contributed by atoms with van der Waals surface area (Å²) >= 11 is 6.13. The summed E-state index contributed by atoms with van der Waals surface area (Å²) in [5.74, 6) is -0.0146. The van der Waals surface area contributed by atoms with Gasteiger partial charge in [-0.05, 0) is 49.6 Å². The van der Waals surface area contributed by atoms with E-state index in [0.29, 0.717) is 29.9 Å². The molecule has 2 aromatic heterocycles. The summed E-state index contributed by atoms with van der Waals surface area (Å²) in [6.45, 7) is 2.07. The highest BCUT2D eigenvalue weighted by molar-refractivity contribution is 6.30. The number of carbonyl (C=O) groups is 1. The zero-order valence-corrected chi connectivity index (χ0v) is 19.9. The van der Waals surface area contributed by atoms with Gasteiger partial charge in [-0.15, -0.1) is 0 Å². The van der Waals surface area contributed by atoms with Crippen molar-refractivity contribution in [3.63, 3.8) is 0 Å². The van der Waals surface area contributed by atoms with Crippen molar-refractivity contribution in [2.24, 2.45) is 0 Å². The fourth-order valence-electron chi connectivity index (χ4n) is 5.50. The Morgan fingerprint density at radius 1 is 1.03 bits per heavy atom. The molecule has 0 saturated carbocycles. The molecule has 35 heavy (non-hydrogen) atoms. The van der Waals surface area contributed by atoms with Gasteiger partial charge in [0, 0.05) is 54.7 Å². The number of carbonyl (C=O) groups excluding carboxylic acids is 1. The minimum Gasteiger partial charge on any atom is -0.334 e. The van der Waals surface area contributed by atoms with Crippen LogP contribution in [-0.2, 0) is 6.54 Å². The van der Waals surface area contributed by atoms with Crippen LogP contribution in [0.5, 0.6) is 0 Å². The van der Waals surface area contributed by atoms with E-state index in [4.69, 9.17) is 16.6 Å². The first kappa shape index (κ1) is 22.2. The molecule has 7 rings (SSSR count). The molecule has 3 saturated heterocycles. The molecule has 0 N–H and O–H groups in total. The normalized spacial score (nSPS) is 20.3. The molecule has 0 spiro atoms. The number of fused-ring (bicyclic) bond motifs is 5. The predicted molar refractivity (Wildman–Crippen MR) is 133 cm³/mol. The van der Waals surface area contributed by atoms with Gasteiger partial charge in [0.2, 0.25) is 5.78 Å². The maximum Gasteiger partial charge on any atom is 0.257 e. The number of piperidine rings is 1. The number of halogens is 2. The number of hydrogen-bond acceptors (Lipinski definition) is 4. The number of rotatable bonds is 4. The number of imidazole rings is 1. The van der Waals surface area contributed by atoms with Crippen LogP contribution in [0, 0.1) is 5.82 Å².